The molecule has 0 radical (unpaired) electrons. The molecule has 2 unspecified atom stereocenters. The van der Waals surface area contributed by atoms with E-state index >= 15 is 0 Å². The van der Waals surface area contributed by atoms with Crippen molar-refractivity contribution in [1.29, 1.82) is 0 Å². The molecule has 4 fully saturated rings. The van der Waals surface area contributed by atoms with Gasteiger partial charge in [0.25, 0.3) is 11.8 Å². The second kappa shape index (κ2) is 18.1. The van der Waals surface area contributed by atoms with E-state index in [9.17, 15) is 24.0 Å². The molecule has 4 saturated heterocycles. The molecule has 5 aromatic rings. The van der Waals surface area contributed by atoms with Gasteiger partial charge in [-0.05, 0) is 143 Å². The van der Waals surface area contributed by atoms with Gasteiger partial charge in [0, 0.05) is 38.2 Å². The number of rotatable bonds is 10. The van der Waals surface area contributed by atoms with E-state index in [1.54, 1.807) is 6.07 Å². The predicted molar refractivity (Wildman–Crippen MR) is 242 cm³/mol. The van der Waals surface area contributed by atoms with Crippen LogP contribution in [0.3, 0.4) is 0 Å². The van der Waals surface area contributed by atoms with Gasteiger partial charge in [0.15, 0.2) is 5.65 Å². The second-order valence-corrected chi connectivity index (χ2v) is 18.2. The lowest BCUT2D eigenvalue weighted by atomic mass is 9.87. The number of nitrogens with two attached hydrogens (primary N) is 1. The second-order valence-electron chi connectivity index (χ2n) is 18.2. The van der Waals surface area contributed by atoms with E-state index in [-0.39, 0.29) is 36.7 Å². The number of nitrogens with zero attached hydrogens (tertiary/aromatic N) is 8. The molecule has 5 aliphatic heterocycles. The smallest absolute Gasteiger partial charge is 0.320 e. The Balaban J connectivity index is 0.686. The first-order chi connectivity index (χ1) is 31.7. The number of anilines is 1. The van der Waals surface area contributed by atoms with Crippen LogP contribution in [0, 0.1) is 5.92 Å². The van der Waals surface area contributed by atoms with Crippen LogP contribution in [0.1, 0.15) is 102 Å². The van der Waals surface area contributed by atoms with Gasteiger partial charge in [0.05, 0.1) is 22.6 Å². The van der Waals surface area contributed by atoms with Crippen LogP contribution in [-0.2, 0) is 9.59 Å². The first-order valence-electron chi connectivity index (χ1n) is 23.1. The maximum Gasteiger partial charge on any atom is 0.320 e. The molecule has 3 aromatic carbocycles. The van der Waals surface area contributed by atoms with Gasteiger partial charge in [-0.15, -0.1) is 0 Å². The normalized spacial score (nSPS) is 21.3. The summed E-state index contributed by atoms with van der Waals surface area (Å²) in [5.41, 5.74) is 10.4. The molecular weight excluding hydrogens is 825 g/mol. The van der Waals surface area contributed by atoms with Gasteiger partial charge < -0.3 is 25.2 Å². The molecule has 0 aliphatic carbocycles. The molecule has 16 nitrogen and oxygen atoms in total. The SMILES string of the molecule is Nc1ncnc2c1c(-c1ccc(Oc3ccccc3)cc1)nn2C1CCCN(C(=O)N2CCC(CCCN3CCC(c4ccc5c(c4)C(=O)N(C4CCC(=O)NC4=O)C5=O)CC3)CC2)C1. The zero-order valence-electron chi connectivity index (χ0n) is 36.4. The highest BCUT2D eigenvalue weighted by molar-refractivity contribution is 6.23. The summed E-state index contributed by atoms with van der Waals surface area (Å²) >= 11 is 0. The number of nitrogen functional groups attached to an aromatic ring is 1. The minimum absolute atomic E-state index is 0.0531. The minimum atomic E-state index is -0.962. The fourth-order valence-corrected chi connectivity index (χ4v) is 10.5. The summed E-state index contributed by atoms with van der Waals surface area (Å²) < 4.78 is 7.96. The number of hydrogen-bond donors (Lipinski definition) is 2. The monoisotopic (exact) mass is 878 g/mol. The summed E-state index contributed by atoms with van der Waals surface area (Å²) in [7, 11) is 0. The van der Waals surface area contributed by atoms with Crippen molar-refractivity contribution in [1.82, 2.24) is 44.7 Å². The largest absolute Gasteiger partial charge is 0.457 e. The topological polar surface area (TPSA) is 189 Å². The lowest BCUT2D eigenvalue weighted by Crippen LogP contribution is -2.54. The quantitative estimate of drug-likeness (QED) is 0.148. The van der Waals surface area contributed by atoms with Gasteiger partial charge in [-0.2, -0.15) is 5.10 Å². The number of ether oxygens (including phenoxy) is 1. The molecule has 0 spiro atoms. The van der Waals surface area contributed by atoms with Gasteiger partial charge in [-0.25, -0.2) is 19.4 Å². The van der Waals surface area contributed by atoms with E-state index in [2.05, 4.69) is 20.2 Å². The molecule has 0 saturated carbocycles. The summed E-state index contributed by atoms with van der Waals surface area (Å²) in [5, 5.41) is 8.05. The molecule has 0 bridgehead atoms. The maximum absolute atomic E-state index is 14.0. The standard InChI is InChI=1S/C49H54N10O6/c50-44-42-43(33-10-13-37(14-11-33)65-36-8-2-1-3-9-36)54-59(45(42)52-30-51-44)35-7-5-23-57(29-35)49(64)56-26-18-31(19-27-56)6-4-22-55-24-20-32(21-25-55)34-12-15-38-39(28-34)48(63)58(47(38)62)40-16-17-41(60)53-46(40)61/h1-3,8-15,28,30-32,35,40H,4-7,16-27,29H2,(H2,50,51,52)(H,53,60,61). The van der Waals surface area contributed by atoms with E-state index in [4.69, 9.17) is 15.6 Å². The summed E-state index contributed by atoms with van der Waals surface area (Å²) in [6.45, 7) is 5.76. The third-order valence-electron chi connectivity index (χ3n) is 14.1. The summed E-state index contributed by atoms with van der Waals surface area (Å²) in [5.74, 6) is 0.808. The number of urea groups is 1. The van der Waals surface area contributed by atoms with Crippen LogP contribution in [0.4, 0.5) is 10.6 Å². The first kappa shape index (κ1) is 42.3. The number of hydrogen-bond acceptors (Lipinski definition) is 11. The fraction of sp³-hybridized carbons (Fsp3) is 0.429. The number of carbonyl (C=O) groups excluding carboxylic acids is 5. The van der Waals surface area contributed by atoms with Crippen molar-refractivity contribution in [3.05, 3.63) is 95.8 Å². The van der Waals surface area contributed by atoms with Crippen LogP contribution in [0.5, 0.6) is 11.5 Å². The molecular formula is C49H54N10O6. The van der Waals surface area contributed by atoms with Crippen LogP contribution in [-0.4, -0.2) is 121 Å². The number of likely N-dealkylation sites (tertiary alicyclic amines) is 3. The molecule has 336 valence electrons. The number of aromatic nitrogens is 4. The Hall–Kier alpha value is -6.68. The van der Waals surface area contributed by atoms with Gasteiger partial charge in [-0.1, -0.05) is 24.3 Å². The highest BCUT2D eigenvalue weighted by Crippen LogP contribution is 2.37. The van der Waals surface area contributed by atoms with Crippen molar-refractivity contribution in [2.24, 2.45) is 5.92 Å². The molecule has 6 amide bonds. The highest BCUT2D eigenvalue weighted by Gasteiger charge is 2.45. The summed E-state index contributed by atoms with van der Waals surface area (Å²) in [4.78, 5) is 81.2. The van der Waals surface area contributed by atoms with Crippen molar-refractivity contribution in [2.75, 3.05) is 51.5 Å². The van der Waals surface area contributed by atoms with Crippen LogP contribution >= 0.6 is 0 Å². The van der Waals surface area contributed by atoms with E-state index in [1.165, 1.54) is 6.33 Å². The van der Waals surface area contributed by atoms with E-state index in [1.807, 2.05) is 81.2 Å². The Labute approximate surface area is 377 Å². The third kappa shape index (κ3) is 8.54. The fourth-order valence-electron chi connectivity index (χ4n) is 10.5. The van der Waals surface area contributed by atoms with Gasteiger partial charge in [0.2, 0.25) is 11.8 Å². The Bertz CT molecular complexity index is 2620. The Kier molecular flexibility index (Phi) is 11.8. The number of carbonyl (C=O) groups is 5. The Morgan fingerprint density at radius 3 is 2.31 bits per heavy atom. The van der Waals surface area contributed by atoms with Crippen molar-refractivity contribution >= 4 is 46.5 Å². The third-order valence-corrected chi connectivity index (χ3v) is 14.1. The predicted octanol–water partition coefficient (Wildman–Crippen LogP) is 6.40. The molecule has 65 heavy (non-hydrogen) atoms. The lowest BCUT2D eigenvalue weighted by Gasteiger charge is -2.39. The first-order valence-corrected chi connectivity index (χ1v) is 23.1. The van der Waals surface area contributed by atoms with Crippen LogP contribution in [0.15, 0.2) is 79.1 Å². The number of imide groups is 2. The van der Waals surface area contributed by atoms with E-state index < -0.39 is 23.8 Å². The molecule has 2 atom stereocenters. The van der Waals surface area contributed by atoms with Gasteiger partial charge >= 0.3 is 6.03 Å². The lowest BCUT2D eigenvalue weighted by molar-refractivity contribution is -0.136. The number of para-hydroxylation sites is 1. The van der Waals surface area contributed by atoms with E-state index in [0.717, 1.165) is 106 Å². The van der Waals surface area contributed by atoms with Crippen LogP contribution in [0.25, 0.3) is 22.3 Å². The summed E-state index contributed by atoms with van der Waals surface area (Å²) in [6, 6.07) is 22.0. The average molecular weight is 879 g/mol. The Morgan fingerprint density at radius 2 is 1.54 bits per heavy atom. The molecule has 3 N–H and O–H groups in total. The number of fused-ring (bicyclic) bond motifs is 2. The maximum atomic E-state index is 14.0. The van der Waals surface area contributed by atoms with Crippen molar-refractivity contribution in [3.63, 3.8) is 0 Å². The van der Waals surface area contributed by atoms with Crippen molar-refractivity contribution in [3.8, 4) is 22.8 Å². The minimum Gasteiger partial charge on any atom is -0.457 e. The van der Waals surface area contributed by atoms with Crippen LogP contribution in [0.2, 0.25) is 0 Å². The number of piperidine rings is 4. The molecule has 2 aromatic heterocycles. The Morgan fingerprint density at radius 1 is 0.785 bits per heavy atom. The molecule has 5 aliphatic rings. The number of amides is 6. The average Bonchev–Trinajstić information content (AvgIpc) is 3.85. The molecule has 16 heteroatoms. The zero-order chi connectivity index (χ0) is 44.6. The van der Waals surface area contributed by atoms with E-state index in [0.29, 0.717) is 58.4 Å². The number of nitrogens with one attached hydrogen (secondary N) is 1. The van der Waals surface area contributed by atoms with Crippen molar-refractivity contribution in [2.45, 2.75) is 82.2 Å². The number of benzene rings is 3. The summed E-state index contributed by atoms with van der Waals surface area (Å²) in [6.07, 6.45) is 9.65. The highest BCUT2D eigenvalue weighted by atomic mass is 16.5. The zero-order valence-corrected chi connectivity index (χ0v) is 36.4. The van der Waals surface area contributed by atoms with Gasteiger partial charge in [-0.3, -0.25) is 29.4 Å². The molecule has 10 rings (SSSR count). The van der Waals surface area contributed by atoms with Crippen molar-refractivity contribution < 1.29 is 28.7 Å². The van der Waals surface area contributed by atoms with Crippen LogP contribution < -0.4 is 15.8 Å². The van der Waals surface area contributed by atoms with Gasteiger partial charge in [0.1, 0.15) is 35.4 Å². The molecule has 7 heterocycles.